The molecule has 0 saturated heterocycles. The van der Waals surface area contributed by atoms with E-state index in [1.54, 1.807) is 11.8 Å². The summed E-state index contributed by atoms with van der Waals surface area (Å²) < 4.78 is 1.02. The van der Waals surface area contributed by atoms with Crippen LogP contribution in [0, 0.1) is 13.8 Å². The number of anilines is 1. The number of hydrogen-bond acceptors (Lipinski definition) is 5. The molecule has 0 fully saturated rings. The van der Waals surface area contributed by atoms with Gasteiger partial charge in [-0.2, -0.15) is 0 Å². The van der Waals surface area contributed by atoms with Crippen LogP contribution in [0.4, 0.5) is 5.13 Å². The van der Waals surface area contributed by atoms with Crippen molar-refractivity contribution in [3.05, 3.63) is 52.5 Å². The molecule has 1 heterocycles. The highest BCUT2D eigenvalue weighted by molar-refractivity contribution is 7.99. The van der Waals surface area contributed by atoms with Crippen LogP contribution in [0.15, 0.2) is 41.3 Å². The first-order chi connectivity index (χ1) is 14.3. The topological polar surface area (TPSA) is 36.4 Å². The molecular weight excluding hydrogens is 469 g/mol. The Kier molecular flexibility index (Phi) is 10.1. The zero-order valence-corrected chi connectivity index (χ0v) is 21.6. The molecule has 8 heteroatoms. The molecule has 0 N–H and O–H groups in total. The van der Waals surface area contributed by atoms with Gasteiger partial charge in [-0.1, -0.05) is 40.6 Å². The minimum atomic E-state index is 0. The van der Waals surface area contributed by atoms with Crippen molar-refractivity contribution >= 4 is 68.4 Å². The number of aryl methyl sites for hydroxylation is 2. The third-order valence-electron chi connectivity index (χ3n) is 4.77. The molecule has 0 atom stereocenters. The van der Waals surface area contributed by atoms with Gasteiger partial charge in [-0.15, -0.1) is 24.2 Å². The Morgan fingerprint density at radius 1 is 1.13 bits per heavy atom. The second kappa shape index (κ2) is 12.1. The van der Waals surface area contributed by atoms with Gasteiger partial charge in [0.05, 0.1) is 10.2 Å². The number of carbonyl (C=O) groups excluding carboxylic acids is 1. The Bertz CT molecular complexity index is 1010. The van der Waals surface area contributed by atoms with E-state index in [1.807, 2.05) is 38.1 Å². The number of hydrogen-bond donors (Lipinski definition) is 0. The minimum absolute atomic E-state index is 0. The normalized spacial score (nSPS) is 11.0. The molecule has 0 aliphatic heterocycles. The summed E-state index contributed by atoms with van der Waals surface area (Å²) >= 11 is 9.55. The van der Waals surface area contributed by atoms with Crippen LogP contribution in [-0.4, -0.2) is 48.7 Å². The van der Waals surface area contributed by atoms with Crippen LogP contribution in [0.5, 0.6) is 0 Å². The van der Waals surface area contributed by atoms with E-state index in [9.17, 15) is 4.79 Å². The fourth-order valence-corrected chi connectivity index (χ4v) is 5.38. The molecule has 168 valence electrons. The van der Waals surface area contributed by atoms with Gasteiger partial charge in [0, 0.05) is 29.4 Å². The number of likely N-dealkylation sites (N-methyl/N-ethyl adjacent to an activating group) is 1. The maximum atomic E-state index is 13.1. The van der Waals surface area contributed by atoms with Crippen molar-refractivity contribution in [2.24, 2.45) is 0 Å². The molecule has 31 heavy (non-hydrogen) atoms. The van der Waals surface area contributed by atoms with Crippen molar-refractivity contribution in [3.8, 4) is 0 Å². The molecule has 0 unspecified atom stereocenters. The van der Waals surface area contributed by atoms with Crippen LogP contribution in [0.25, 0.3) is 10.2 Å². The number of halogens is 2. The Morgan fingerprint density at radius 2 is 1.84 bits per heavy atom. The summed E-state index contributed by atoms with van der Waals surface area (Å²) in [6, 6.07) is 12.4. The lowest BCUT2D eigenvalue weighted by molar-refractivity contribution is -0.118. The van der Waals surface area contributed by atoms with Gasteiger partial charge >= 0.3 is 0 Å². The van der Waals surface area contributed by atoms with Gasteiger partial charge in [-0.05, 0) is 69.9 Å². The van der Waals surface area contributed by atoms with E-state index in [0.717, 1.165) is 39.6 Å². The van der Waals surface area contributed by atoms with E-state index in [1.165, 1.54) is 21.8 Å². The van der Waals surface area contributed by atoms with E-state index in [-0.39, 0.29) is 18.3 Å². The highest BCUT2D eigenvalue weighted by atomic mass is 35.5. The molecule has 0 bridgehead atoms. The summed E-state index contributed by atoms with van der Waals surface area (Å²) in [5.41, 5.74) is 3.23. The van der Waals surface area contributed by atoms with E-state index in [2.05, 4.69) is 36.1 Å². The Hall–Kier alpha value is -1.31. The maximum absolute atomic E-state index is 13.1. The number of carbonyl (C=O) groups is 1. The average Bonchev–Trinajstić information content (AvgIpc) is 3.10. The third kappa shape index (κ3) is 7.36. The first kappa shape index (κ1) is 25.9. The summed E-state index contributed by atoms with van der Waals surface area (Å²) in [6.07, 6.45) is 1.35. The van der Waals surface area contributed by atoms with Gasteiger partial charge in [0.1, 0.15) is 0 Å². The molecule has 1 amide bonds. The first-order valence-corrected chi connectivity index (χ1v) is 12.2. The lowest BCUT2D eigenvalue weighted by Gasteiger charge is -2.22. The minimum Gasteiger partial charge on any atom is -0.308 e. The number of aromatic nitrogens is 1. The van der Waals surface area contributed by atoms with Gasteiger partial charge in [-0.25, -0.2) is 4.98 Å². The fourth-order valence-electron chi connectivity index (χ4n) is 3.07. The summed E-state index contributed by atoms with van der Waals surface area (Å²) in [5, 5.41) is 1.46. The number of nitrogens with zero attached hydrogens (tertiary/aromatic N) is 3. The summed E-state index contributed by atoms with van der Waals surface area (Å²) in [6.45, 7) is 5.52. The van der Waals surface area contributed by atoms with Crippen LogP contribution in [-0.2, 0) is 4.79 Å². The van der Waals surface area contributed by atoms with E-state index < -0.39 is 0 Å². The standard InChI is InChI=1S/C23H28ClN3OS2.ClH/c1-16-7-9-19(10-8-16)29-13-5-6-21(28)27(12-11-26(3)4)23-25-22-17(2)14-18(24)15-20(22)30-23;/h7-10,14-15H,5-6,11-13H2,1-4H3;1H. The second-order valence-electron chi connectivity index (χ2n) is 7.68. The molecule has 4 nitrogen and oxygen atoms in total. The third-order valence-corrected chi connectivity index (χ3v) is 7.11. The van der Waals surface area contributed by atoms with Crippen LogP contribution in [0.2, 0.25) is 5.02 Å². The zero-order valence-electron chi connectivity index (χ0n) is 18.4. The first-order valence-electron chi connectivity index (χ1n) is 10.0. The number of rotatable bonds is 9. The van der Waals surface area contributed by atoms with Gasteiger partial charge in [0.25, 0.3) is 0 Å². The molecule has 0 aliphatic carbocycles. The second-order valence-corrected chi connectivity index (χ2v) is 10.3. The predicted molar refractivity (Wildman–Crippen MR) is 139 cm³/mol. The van der Waals surface area contributed by atoms with E-state index in [0.29, 0.717) is 18.0 Å². The molecule has 3 rings (SSSR count). The molecule has 1 aromatic heterocycles. The predicted octanol–water partition coefficient (Wildman–Crippen LogP) is 6.46. The average molecular weight is 499 g/mol. The zero-order chi connectivity index (χ0) is 21.7. The van der Waals surface area contributed by atoms with Crippen molar-refractivity contribution in [3.63, 3.8) is 0 Å². The quantitative estimate of drug-likeness (QED) is 0.251. The summed E-state index contributed by atoms with van der Waals surface area (Å²) in [4.78, 5) is 23.0. The van der Waals surface area contributed by atoms with E-state index >= 15 is 0 Å². The Morgan fingerprint density at radius 3 is 2.52 bits per heavy atom. The van der Waals surface area contributed by atoms with Gasteiger partial charge in [0.2, 0.25) is 5.91 Å². The SMILES string of the molecule is Cc1ccc(SCCCC(=O)N(CCN(C)C)c2nc3c(C)cc(Cl)cc3s2)cc1.Cl. The van der Waals surface area contributed by atoms with Crippen LogP contribution in [0.3, 0.4) is 0 Å². The molecule has 0 radical (unpaired) electrons. The summed E-state index contributed by atoms with van der Waals surface area (Å²) in [7, 11) is 4.03. The van der Waals surface area contributed by atoms with Crippen molar-refractivity contribution in [2.45, 2.75) is 31.6 Å². The van der Waals surface area contributed by atoms with Gasteiger partial charge < -0.3 is 4.90 Å². The monoisotopic (exact) mass is 497 g/mol. The molecule has 0 spiro atoms. The van der Waals surface area contributed by atoms with Gasteiger partial charge in [-0.3, -0.25) is 9.69 Å². The molecule has 0 aliphatic rings. The van der Waals surface area contributed by atoms with Crippen LogP contribution < -0.4 is 4.90 Å². The van der Waals surface area contributed by atoms with Crippen molar-refractivity contribution < 1.29 is 4.79 Å². The molecular formula is C23H29Cl2N3OS2. The Balaban J connectivity index is 0.00000341. The summed E-state index contributed by atoms with van der Waals surface area (Å²) in [5.74, 6) is 1.05. The Labute approximate surface area is 204 Å². The van der Waals surface area contributed by atoms with Gasteiger partial charge in [0.15, 0.2) is 5.13 Å². The highest BCUT2D eigenvalue weighted by Crippen LogP contribution is 2.33. The van der Waals surface area contributed by atoms with Crippen molar-refractivity contribution in [1.29, 1.82) is 0 Å². The number of amides is 1. The highest BCUT2D eigenvalue weighted by Gasteiger charge is 2.20. The van der Waals surface area contributed by atoms with Crippen LogP contribution >= 0.6 is 47.1 Å². The maximum Gasteiger partial charge on any atom is 0.228 e. The lowest BCUT2D eigenvalue weighted by atomic mass is 10.2. The number of fused-ring (bicyclic) bond motifs is 1. The number of thioether (sulfide) groups is 1. The number of benzene rings is 2. The lowest BCUT2D eigenvalue weighted by Crippen LogP contribution is -2.36. The smallest absolute Gasteiger partial charge is 0.228 e. The van der Waals surface area contributed by atoms with E-state index in [4.69, 9.17) is 16.6 Å². The van der Waals surface area contributed by atoms with Crippen molar-refractivity contribution in [2.75, 3.05) is 37.8 Å². The molecule has 3 aromatic rings. The van der Waals surface area contributed by atoms with Crippen molar-refractivity contribution in [1.82, 2.24) is 9.88 Å². The largest absolute Gasteiger partial charge is 0.308 e. The molecule has 2 aromatic carbocycles. The van der Waals surface area contributed by atoms with Crippen LogP contribution in [0.1, 0.15) is 24.0 Å². The molecule has 0 saturated carbocycles. The fraction of sp³-hybridized carbons (Fsp3) is 0.391. The number of thiazole rings is 1.